The lowest BCUT2D eigenvalue weighted by molar-refractivity contribution is 0.0683. The first kappa shape index (κ1) is 67.7. The van der Waals surface area contributed by atoms with Gasteiger partial charge in [0.25, 0.3) is 0 Å². The Kier molecular flexibility index (Phi) is 19.7. The number of hydrogen-bond donors (Lipinski definition) is 9. The van der Waals surface area contributed by atoms with Gasteiger partial charge in [0, 0.05) is 68.0 Å². The van der Waals surface area contributed by atoms with E-state index < -0.39 is 11.9 Å². The first-order valence-electron chi connectivity index (χ1n) is 29.9. The van der Waals surface area contributed by atoms with Gasteiger partial charge in [-0.15, -0.1) is 0 Å². The third-order valence-corrected chi connectivity index (χ3v) is 15.5. The van der Waals surface area contributed by atoms with Gasteiger partial charge >= 0.3 is 11.9 Å². The zero-order valence-electron chi connectivity index (χ0n) is 55.2. The van der Waals surface area contributed by atoms with Crippen LogP contribution in [0.3, 0.4) is 0 Å². The lowest BCUT2D eigenvalue weighted by atomic mass is 9.86. The van der Waals surface area contributed by atoms with Crippen molar-refractivity contribution in [2.45, 2.75) is 157 Å². The third-order valence-electron chi connectivity index (χ3n) is 15.5. The molecular formula is C73H88N10O7. The average molecular weight is 1220 g/mol. The Morgan fingerprint density at radius 2 is 0.889 bits per heavy atom. The van der Waals surface area contributed by atoms with Crippen LogP contribution in [0, 0.1) is 0 Å². The van der Waals surface area contributed by atoms with E-state index in [1.165, 1.54) is 27.6 Å². The number of carbonyl (C=O) groups is 2. The molecule has 0 saturated carbocycles. The standard InChI is InChI=1S/C14H15NO3.C13H15NO2.C13H15NO.C11H15N3.C11H14N2O.C11H14N2/c1-14(2,3)8-4-5-10-9(6-8)12(16)7-11(15-10)13(17)18;1-13(2,3)8-4-5-11-9(6-8)10(7-14-11)12(15)16;1-13(2,3)9-4-5-11-10(8-9)12(15)6-7-14-11;1-11(2,3)7-4-5-8-9(6-7)13-14-10(8)12;1-11(2,3)7-4-5-8-9(6-7)14-13-10(8)12;1-11(2,3)9-5-4-8-7-12-13-10(8)6-9/h4-7H,1-3H3,(H,15,16)(H,17,18);4-7,14H,1-3H3,(H,15,16);4-8H,1-3H3,(H,14,15);4-6H,1-3H3,(H3,12,13,14);4-6H,1-3H3,(H2,12,13);4-7H,1-3H3,(H,12,13). The van der Waals surface area contributed by atoms with Crippen LogP contribution in [0.1, 0.15) is 179 Å². The van der Waals surface area contributed by atoms with Gasteiger partial charge in [-0.3, -0.25) is 19.8 Å². The molecule has 17 nitrogen and oxygen atoms in total. The number of nitrogens with two attached hydrogens (primary N) is 2. The number of carboxylic acids is 2. The summed E-state index contributed by atoms with van der Waals surface area (Å²) in [4.78, 5) is 54.2. The number of rotatable bonds is 2. The van der Waals surface area contributed by atoms with Gasteiger partial charge in [-0.05, 0) is 133 Å². The Balaban J connectivity index is 0.000000154. The molecule has 0 spiro atoms. The molecule has 0 radical (unpaired) electrons. The Labute approximate surface area is 525 Å². The molecular weight excluding hydrogens is 1130 g/mol. The summed E-state index contributed by atoms with van der Waals surface area (Å²) in [7, 11) is 0. The van der Waals surface area contributed by atoms with E-state index in [1.807, 2.05) is 66.9 Å². The SMILES string of the molecule is CC(C)(C)c1ccc2[nH]c(C(=O)O)cc(=O)c2c1.CC(C)(C)c1ccc2[nH]cc(C(=O)O)c2c1.CC(C)(C)c1ccc2[nH]ccc(=O)c2c1.CC(C)(C)c1ccc2c(N)n[nH]c2c1.CC(C)(C)c1ccc2c(N)noc2c1.CC(C)(C)c1ccc2cn[nH]c2c1. The molecule has 0 saturated heterocycles. The van der Waals surface area contributed by atoms with Gasteiger partial charge in [0.2, 0.25) is 0 Å². The number of carboxylic acid groups (broad SMARTS) is 2. The van der Waals surface area contributed by atoms with Crippen LogP contribution in [0.5, 0.6) is 0 Å². The molecule has 0 fully saturated rings. The maximum Gasteiger partial charge on any atom is 0.352 e. The number of nitrogens with zero attached hydrogens (tertiary/aromatic N) is 3. The predicted octanol–water partition coefficient (Wildman–Crippen LogP) is 16.5. The van der Waals surface area contributed by atoms with Crippen molar-refractivity contribution in [1.29, 1.82) is 0 Å². The Morgan fingerprint density at radius 3 is 1.42 bits per heavy atom. The van der Waals surface area contributed by atoms with Gasteiger partial charge in [0.1, 0.15) is 5.69 Å². The van der Waals surface area contributed by atoms with E-state index in [-0.39, 0.29) is 49.0 Å². The number of nitrogens with one attached hydrogen (secondary N) is 5. The molecule has 12 aromatic rings. The van der Waals surface area contributed by atoms with Crippen LogP contribution in [-0.2, 0) is 32.5 Å². The minimum absolute atomic E-state index is 0.0290. The molecule has 12 rings (SSSR count). The van der Waals surface area contributed by atoms with E-state index >= 15 is 0 Å². The molecule has 0 bridgehead atoms. The largest absolute Gasteiger partial charge is 0.478 e. The summed E-state index contributed by atoms with van der Waals surface area (Å²) >= 11 is 0. The average Bonchev–Trinajstić information content (AvgIpc) is 1.17. The van der Waals surface area contributed by atoms with Gasteiger partial charge in [-0.1, -0.05) is 172 Å². The molecule has 0 amide bonds. The highest BCUT2D eigenvalue weighted by atomic mass is 16.5. The van der Waals surface area contributed by atoms with Crippen LogP contribution in [0.25, 0.3) is 65.5 Å². The first-order valence-corrected chi connectivity index (χ1v) is 29.9. The summed E-state index contributed by atoms with van der Waals surface area (Å²) in [6.07, 6.45) is 5.07. The normalized spacial score (nSPS) is 12.0. The second-order valence-electron chi connectivity index (χ2n) is 28.8. The monoisotopic (exact) mass is 1220 g/mol. The Bertz CT molecular complexity index is 4560. The fourth-order valence-electron chi connectivity index (χ4n) is 9.56. The number of hydrogen-bond acceptors (Lipinski definition) is 10. The van der Waals surface area contributed by atoms with Crippen molar-refractivity contribution in [3.8, 4) is 0 Å². The summed E-state index contributed by atoms with van der Waals surface area (Å²) in [6, 6.07) is 38.8. The zero-order valence-corrected chi connectivity index (χ0v) is 55.2. The van der Waals surface area contributed by atoms with Gasteiger partial charge in [-0.25, -0.2) is 9.59 Å². The van der Waals surface area contributed by atoms with Crippen molar-refractivity contribution in [2.75, 3.05) is 11.5 Å². The summed E-state index contributed by atoms with van der Waals surface area (Å²) in [5, 5.41) is 40.7. The number of pyridine rings is 2. The minimum atomic E-state index is -1.13. The molecule has 0 aliphatic heterocycles. The molecule has 0 aliphatic carbocycles. The van der Waals surface area contributed by atoms with E-state index in [4.69, 9.17) is 26.2 Å². The van der Waals surface area contributed by atoms with E-state index in [0.29, 0.717) is 28.1 Å². The lowest BCUT2D eigenvalue weighted by Gasteiger charge is -2.19. The molecule has 0 atom stereocenters. The first-order chi connectivity index (χ1) is 41.7. The number of nitrogen functional groups attached to an aromatic ring is 2. The summed E-state index contributed by atoms with van der Waals surface area (Å²) in [5.41, 5.74) is 24.3. The van der Waals surface area contributed by atoms with Gasteiger partial charge in [-0.2, -0.15) is 10.2 Å². The maximum absolute atomic E-state index is 11.9. The molecule has 0 unspecified atom stereocenters. The van der Waals surface area contributed by atoms with Gasteiger partial charge in [0.05, 0.1) is 28.2 Å². The van der Waals surface area contributed by atoms with Crippen molar-refractivity contribution < 1.29 is 24.3 Å². The van der Waals surface area contributed by atoms with Gasteiger partial charge in [0.15, 0.2) is 28.1 Å². The van der Waals surface area contributed by atoms with E-state index in [2.05, 4.69) is 208 Å². The fourth-order valence-corrected chi connectivity index (χ4v) is 9.56. The van der Waals surface area contributed by atoms with Crippen molar-refractivity contribution in [3.63, 3.8) is 0 Å². The quantitative estimate of drug-likeness (QED) is 0.0781. The minimum Gasteiger partial charge on any atom is -0.478 e. The van der Waals surface area contributed by atoms with Crippen molar-refractivity contribution >= 4 is 89.1 Å². The second kappa shape index (κ2) is 26.1. The zero-order chi connectivity index (χ0) is 66.6. The summed E-state index contributed by atoms with van der Waals surface area (Å²) < 4.78 is 5.11. The second-order valence-corrected chi connectivity index (χ2v) is 28.8. The Hall–Kier alpha value is -9.77. The molecule has 0 aliphatic rings. The predicted molar refractivity (Wildman–Crippen MR) is 369 cm³/mol. The lowest BCUT2D eigenvalue weighted by Crippen LogP contribution is -2.14. The fraction of sp³-hybridized carbons (Fsp3) is 0.329. The van der Waals surface area contributed by atoms with Gasteiger partial charge < -0.3 is 41.2 Å². The number of anilines is 2. The highest BCUT2D eigenvalue weighted by Gasteiger charge is 2.21. The number of H-pyrrole nitrogens is 5. The molecule has 6 aromatic heterocycles. The highest BCUT2D eigenvalue weighted by molar-refractivity contribution is 6.03. The maximum atomic E-state index is 11.9. The molecule has 90 heavy (non-hydrogen) atoms. The molecule has 472 valence electrons. The van der Waals surface area contributed by atoms with Crippen molar-refractivity contribution in [2.24, 2.45) is 0 Å². The Morgan fingerprint density at radius 1 is 0.433 bits per heavy atom. The summed E-state index contributed by atoms with van der Waals surface area (Å²) in [6.45, 7) is 38.6. The van der Waals surface area contributed by atoms with Crippen LogP contribution < -0.4 is 22.3 Å². The van der Waals surface area contributed by atoms with Crippen molar-refractivity contribution in [3.05, 3.63) is 205 Å². The van der Waals surface area contributed by atoms with Crippen LogP contribution in [0.4, 0.5) is 11.6 Å². The van der Waals surface area contributed by atoms with E-state index in [0.717, 1.165) is 66.4 Å². The number of aromatic carboxylic acids is 2. The van der Waals surface area contributed by atoms with Crippen LogP contribution in [0.2, 0.25) is 0 Å². The molecule has 11 N–H and O–H groups in total. The van der Waals surface area contributed by atoms with E-state index in [9.17, 15) is 19.2 Å². The number of benzene rings is 6. The van der Waals surface area contributed by atoms with Crippen LogP contribution >= 0.6 is 0 Å². The number of aromatic amines is 5. The van der Waals surface area contributed by atoms with E-state index in [1.54, 1.807) is 24.5 Å². The van der Waals surface area contributed by atoms with Crippen LogP contribution in [-0.4, -0.2) is 62.7 Å². The third kappa shape index (κ3) is 16.7. The molecule has 6 aromatic carbocycles. The highest BCUT2D eigenvalue weighted by Crippen LogP contribution is 2.32. The molecule has 6 heterocycles. The van der Waals surface area contributed by atoms with Crippen LogP contribution in [0.15, 0.2) is 154 Å². The van der Waals surface area contributed by atoms with Crippen molar-refractivity contribution in [1.82, 2.24) is 40.5 Å². The topological polar surface area (TPSA) is 292 Å². The summed E-state index contributed by atoms with van der Waals surface area (Å²) in [5.74, 6) is -0.993. The number of aromatic nitrogens is 8. The smallest absolute Gasteiger partial charge is 0.352 e. The molecule has 17 heteroatoms. The number of fused-ring (bicyclic) bond motifs is 6.